The summed E-state index contributed by atoms with van der Waals surface area (Å²) in [6.45, 7) is 4.29. The van der Waals surface area contributed by atoms with Crippen LogP contribution in [0, 0.1) is 12.8 Å². The summed E-state index contributed by atoms with van der Waals surface area (Å²) in [6.07, 6.45) is 2.46. The summed E-state index contributed by atoms with van der Waals surface area (Å²) in [6, 6.07) is 8.16. The number of likely N-dealkylation sites (tertiary alicyclic amines) is 1. The minimum absolute atomic E-state index is 0.218. The molecule has 1 aliphatic rings. The van der Waals surface area contributed by atoms with Crippen LogP contribution in [0.1, 0.15) is 24.0 Å². The van der Waals surface area contributed by atoms with Gasteiger partial charge in [0.25, 0.3) is 0 Å². The zero-order chi connectivity index (χ0) is 13.7. The third-order valence-corrected chi connectivity index (χ3v) is 3.78. The second-order valence-corrected chi connectivity index (χ2v) is 5.32. The topological polar surface area (TPSA) is 55.6 Å². The van der Waals surface area contributed by atoms with Gasteiger partial charge >= 0.3 is 0 Å². The Morgan fingerprint density at radius 2 is 1.95 bits per heavy atom. The summed E-state index contributed by atoms with van der Waals surface area (Å²) in [7, 11) is 0. The fourth-order valence-corrected chi connectivity index (χ4v) is 2.48. The second-order valence-electron chi connectivity index (χ2n) is 5.32. The molecule has 2 N–H and O–H groups in total. The van der Waals surface area contributed by atoms with Crippen molar-refractivity contribution in [1.29, 1.82) is 0 Å². The molecule has 0 aromatic heterocycles. The van der Waals surface area contributed by atoms with Gasteiger partial charge in [0.2, 0.25) is 5.91 Å². The van der Waals surface area contributed by atoms with Crippen molar-refractivity contribution in [2.24, 2.45) is 11.8 Å². The molecule has 4 heteroatoms. The number of carbonyl (C=O) groups excluding carboxylic acids is 1. The molecule has 1 amide bonds. The first-order valence-electron chi connectivity index (χ1n) is 6.84. The van der Waals surface area contributed by atoms with Crippen LogP contribution in [0.25, 0.3) is 0 Å². The van der Waals surface area contributed by atoms with Gasteiger partial charge in [-0.05, 0) is 31.2 Å². The Labute approximate surface area is 114 Å². The molecule has 1 aliphatic heterocycles. The minimum atomic E-state index is 0.218. The SMILES string of the molecule is Cc1ccc(CC(=O)N2CCC(CON)CC2)cc1. The van der Waals surface area contributed by atoms with Gasteiger partial charge in [-0.3, -0.25) is 4.79 Å². The Morgan fingerprint density at radius 3 is 2.53 bits per heavy atom. The van der Waals surface area contributed by atoms with Crippen molar-refractivity contribution in [2.45, 2.75) is 26.2 Å². The molecule has 0 unspecified atom stereocenters. The molecule has 1 heterocycles. The van der Waals surface area contributed by atoms with Gasteiger partial charge in [0.15, 0.2) is 0 Å². The van der Waals surface area contributed by atoms with Gasteiger partial charge in [-0.15, -0.1) is 0 Å². The molecule has 19 heavy (non-hydrogen) atoms. The molecule has 1 aromatic carbocycles. The summed E-state index contributed by atoms with van der Waals surface area (Å²) in [4.78, 5) is 18.8. The van der Waals surface area contributed by atoms with E-state index in [2.05, 4.69) is 11.8 Å². The van der Waals surface area contributed by atoms with E-state index in [9.17, 15) is 4.79 Å². The summed E-state index contributed by atoms with van der Waals surface area (Å²) >= 11 is 0. The van der Waals surface area contributed by atoms with E-state index in [0.29, 0.717) is 18.9 Å². The molecule has 4 nitrogen and oxygen atoms in total. The van der Waals surface area contributed by atoms with Crippen molar-refractivity contribution in [2.75, 3.05) is 19.7 Å². The highest BCUT2D eigenvalue weighted by molar-refractivity contribution is 5.78. The highest BCUT2D eigenvalue weighted by Crippen LogP contribution is 2.18. The molecule has 1 fully saturated rings. The van der Waals surface area contributed by atoms with Gasteiger partial charge in [-0.1, -0.05) is 29.8 Å². The summed E-state index contributed by atoms with van der Waals surface area (Å²) in [5, 5.41) is 0. The fourth-order valence-electron chi connectivity index (χ4n) is 2.48. The van der Waals surface area contributed by atoms with Crippen LogP contribution in [-0.4, -0.2) is 30.5 Å². The smallest absolute Gasteiger partial charge is 0.226 e. The lowest BCUT2D eigenvalue weighted by Crippen LogP contribution is -2.40. The molecule has 104 valence electrons. The lowest BCUT2D eigenvalue weighted by atomic mass is 9.97. The first-order valence-corrected chi connectivity index (χ1v) is 6.84. The highest BCUT2D eigenvalue weighted by atomic mass is 16.6. The van der Waals surface area contributed by atoms with E-state index in [-0.39, 0.29) is 5.91 Å². The molecule has 0 saturated carbocycles. The average molecular weight is 262 g/mol. The van der Waals surface area contributed by atoms with E-state index >= 15 is 0 Å². The van der Waals surface area contributed by atoms with Gasteiger partial charge in [-0.25, -0.2) is 5.90 Å². The van der Waals surface area contributed by atoms with E-state index in [1.165, 1.54) is 5.56 Å². The molecular weight excluding hydrogens is 240 g/mol. The van der Waals surface area contributed by atoms with Crippen LogP contribution < -0.4 is 5.90 Å². The van der Waals surface area contributed by atoms with Crippen LogP contribution >= 0.6 is 0 Å². The van der Waals surface area contributed by atoms with Crippen LogP contribution in [0.4, 0.5) is 0 Å². The number of piperidine rings is 1. The maximum atomic E-state index is 12.2. The fraction of sp³-hybridized carbons (Fsp3) is 0.533. The standard InChI is InChI=1S/C15H22N2O2/c1-12-2-4-13(5-3-12)10-15(18)17-8-6-14(7-9-17)11-19-16/h2-5,14H,6-11,16H2,1H3. The molecule has 0 radical (unpaired) electrons. The van der Waals surface area contributed by atoms with Crippen LogP contribution in [-0.2, 0) is 16.1 Å². The van der Waals surface area contributed by atoms with Crippen molar-refractivity contribution in [1.82, 2.24) is 4.90 Å². The van der Waals surface area contributed by atoms with E-state index < -0.39 is 0 Å². The number of carbonyl (C=O) groups is 1. The Hall–Kier alpha value is -1.39. The van der Waals surface area contributed by atoms with Crippen LogP contribution in [0.3, 0.4) is 0 Å². The van der Waals surface area contributed by atoms with Crippen molar-refractivity contribution >= 4 is 5.91 Å². The summed E-state index contributed by atoms with van der Waals surface area (Å²) in [5.74, 6) is 5.80. The maximum Gasteiger partial charge on any atom is 0.226 e. The van der Waals surface area contributed by atoms with Crippen LogP contribution in [0.15, 0.2) is 24.3 Å². The van der Waals surface area contributed by atoms with Gasteiger partial charge in [0.05, 0.1) is 13.0 Å². The van der Waals surface area contributed by atoms with E-state index in [0.717, 1.165) is 31.5 Å². The van der Waals surface area contributed by atoms with E-state index in [1.54, 1.807) is 0 Å². The van der Waals surface area contributed by atoms with Crippen molar-refractivity contribution < 1.29 is 9.63 Å². The minimum Gasteiger partial charge on any atom is -0.342 e. The van der Waals surface area contributed by atoms with Crippen molar-refractivity contribution in [3.05, 3.63) is 35.4 Å². The second kappa shape index (κ2) is 6.68. The number of amides is 1. The third kappa shape index (κ3) is 4.04. The molecule has 0 bridgehead atoms. The summed E-state index contributed by atoms with van der Waals surface area (Å²) < 4.78 is 0. The molecule has 0 atom stereocenters. The third-order valence-electron chi connectivity index (χ3n) is 3.78. The highest BCUT2D eigenvalue weighted by Gasteiger charge is 2.22. The summed E-state index contributed by atoms with van der Waals surface area (Å²) in [5.41, 5.74) is 2.31. The number of rotatable bonds is 4. The number of hydrogen-bond donors (Lipinski definition) is 1. The Morgan fingerprint density at radius 1 is 1.32 bits per heavy atom. The number of aryl methyl sites for hydroxylation is 1. The molecule has 0 aliphatic carbocycles. The Balaban J connectivity index is 1.83. The molecular formula is C15H22N2O2. The number of nitrogens with two attached hydrogens (primary N) is 1. The molecule has 2 rings (SSSR count). The predicted molar refractivity (Wildman–Crippen MR) is 74.3 cm³/mol. The van der Waals surface area contributed by atoms with Crippen molar-refractivity contribution in [3.63, 3.8) is 0 Å². The first kappa shape index (κ1) is 14.0. The maximum absolute atomic E-state index is 12.2. The normalized spacial score (nSPS) is 16.6. The predicted octanol–water partition coefficient (Wildman–Crippen LogP) is 1.67. The van der Waals surface area contributed by atoms with Gasteiger partial charge in [-0.2, -0.15) is 0 Å². The first-order chi connectivity index (χ1) is 9.19. The lowest BCUT2D eigenvalue weighted by molar-refractivity contribution is -0.132. The van der Waals surface area contributed by atoms with E-state index in [4.69, 9.17) is 5.90 Å². The molecule has 1 saturated heterocycles. The van der Waals surface area contributed by atoms with Crippen molar-refractivity contribution in [3.8, 4) is 0 Å². The quantitative estimate of drug-likeness (QED) is 0.840. The lowest BCUT2D eigenvalue weighted by Gasteiger charge is -2.31. The molecule has 1 aromatic rings. The number of benzene rings is 1. The van der Waals surface area contributed by atoms with Gasteiger partial charge in [0.1, 0.15) is 0 Å². The number of hydrogen-bond acceptors (Lipinski definition) is 3. The zero-order valence-corrected chi connectivity index (χ0v) is 11.5. The number of nitrogens with zero attached hydrogens (tertiary/aromatic N) is 1. The van der Waals surface area contributed by atoms with Gasteiger partial charge < -0.3 is 9.74 Å². The van der Waals surface area contributed by atoms with Crippen LogP contribution in [0.2, 0.25) is 0 Å². The largest absolute Gasteiger partial charge is 0.342 e. The molecule has 0 spiro atoms. The van der Waals surface area contributed by atoms with Crippen LogP contribution in [0.5, 0.6) is 0 Å². The monoisotopic (exact) mass is 262 g/mol. The zero-order valence-electron chi connectivity index (χ0n) is 11.5. The Kier molecular flexibility index (Phi) is 4.93. The average Bonchev–Trinajstić information content (AvgIpc) is 2.42. The van der Waals surface area contributed by atoms with Gasteiger partial charge in [0, 0.05) is 13.1 Å². The van der Waals surface area contributed by atoms with E-state index in [1.807, 2.05) is 29.2 Å². The Bertz CT molecular complexity index is 409.